The number of nitrogens with one attached hydrogen (secondary N) is 2. The van der Waals surface area contributed by atoms with E-state index >= 15 is 0 Å². The molecule has 0 fully saturated rings. The van der Waals surface area contributed by atoms with E-state index in [-0.39, 0.29) is 4.90 Å². The molecule has 0 radical (unpaired) electrons. The normalized spacial score (nSPS) is 11.0. The zero-order chi connectivity index (χ0) is 21.6. The minimum atomic E-state index is -3.85. The average Bonchev–Trinajstić information content (AvgIpc) is 2.67. The fourth-order valence-electron chi connectivity index (χ4n) is 2.36. The molecule has 0 spiro atoms. The first-order chi connectivity index (χ1) is 13.6. The zero-order valence-corrected chi connectivity index (χ0v) is 17.7. The van der Waals surface area contributed by atoms with Crippen molar-refractivity contribution in [1.29, 1.82) is 0 Å². The lowest BCUT2D eigenvalue weighted by atomic mass is 10.1. The van der Waals surface area contributed by atoms with Gasteiger partial charge in [0.05, 0.1) is 4.90 Å². The first kappa shape index (κ1) is 22.4. The highest BCUT2D eigenvalue weighted by Crippen LogP contribution is 2.16. The first-order valence-electron chi connectivity index (χ1n) is 8.88. The average molecular weight is 420 g/mol. The number of rotatable bonds is 8. The number of carbonyl (C=O) groups is 2. The van der Waals surface area contributed by atoms with Crippen LogP contribution in [0.4, 0.5) is 11.4 Å². The maximum atomic E-state index is 12.3. The molecule has 2 aromatic carbocycles. The summed E-state index contributed by atoms with van der Waals surface area (Å²) < 4.78 is 31.5. The van der Waals surface area contributed by atoms with Gasteiger partial charge in [-0.2, -0.15) is 4.72 Å². The maximum Gasteiger partial charge on any atom is 0.321 e. The van der Waals surface area contributed by atoms with Crippen LogP contribution >= 0.6 is 0 Å². The molecular weight excluding hydrogens is 394 g/mol. The molecule has 0 heterocycles. The van der Waals surface area contributed by atoms with Gasteiger partial charge in [-0.1, -0.05) is 6.07 Å². The number of benzene rings is 2. The van der Waals surface area contributed by atoms with Crippen LogP contribution in [-0.4, -0.2) is 47.5 Å². The molecule has 9 heteroatoms. The number of esters is 1. The highest BCUT2D eigenvalue weighted by atomic mass is 32.2. The van der Waals surface area contributed by atoms with Crippen LogP contribution in [0.5, 0.6) is 0 Å². The van der Waals surface area contributed by atoms with E-state index in [0.29, 0.717) is 5.69 Å². The highest BCUT2D eigenvalue weighted by molar-refractivity contribution is 7.89. The smallest absolute Gasteiger partial charge is 0.321 e. The quantitative estimate of drug-likeness (QED) is 0.633. The van der Waals surface area contributed by atoms with E-state index in [1.165, 1.54) is 12.1 Å². The summed E-state index contributed by atoms with van der Waals surface area (Å²) in [4.78, 5) is 25.7. The Morgan fingerprint density at radius 3 is 2.24 bits per heavy atom. The summed E-state index contributed by atoms with van der Waals surface area (Å²) in [6.45, 7) is 2.59. The molecule has 2 aromatic rings. The standard InChI is InChI=1S/C20H25N3O5S/c1-14-5-10-18(11-15(14)2)29(26,27)21-12-20(25)28-13-19(24)22-16-6-8-17(9-7-16)23(3)4/h5-11,21H,12-13H2,1-4H3,(H,22,24). The zero-order valence-electron chi connectivity index (χ0n) is 16.9. The van der Waals surface area contributed by atoms with Crippen LogP contribution < -0.4 is 14.9 Å². The number of aryl methyl sites for hydroxylation is 2. The molecule has 0 atom stereocenters. The Bertz CT molecular complexity index is 986. The topological polar surface area (TPSA) is 105 Å². The predicted octanol–water partition coefficient (Wildman–Crippen LogP) is 1.83. The van der Waals surface area contributed by atoms with Crippen molar-refractivity contribution < 1.29 is 22.7 Å². The molecule has 156 valence electrons. The van der Waals surface area contributed by atoms with E-state index in [0.717, 1.165) is 16.8 Å². The van der Waals surface area contributed by atoms with Gasteiger partial charge in [0.15, 0.2) is 6.61 Å². The van der Waals surface area contributed by atoms with Crippen LogP contribution in [0.1, 0.15) is 11.1 Å². The molecule has 0 saturated heterocycles. The lowest BCUT2D eigenvalue weighted by Crippen LogP contribution is -2.32. The van der Waals surface area contributed by atoms with Gasteiger partial charge < -0.3 is 15.0 Å². The van der Waals surface area contributed by atoms with Gasteiger partial charge >= 0.3 is 5.97 Å². The van der Waals surface area contributed by atoms with Crippen molar-refractivity contribution in [3.63, 3.8) is 0 Å². The van der Waals surface area contributed by atoms with E-state index in [2.05, 4.69) is 10.0 Å². The lowest BCUT2D eigenvalue weighted by molar-refractivity contribution is -0.146. The minimum Gasteiger partial charge on any atom is -0.455 e. The van der Waals surface area contributed by atoms with Crippen molar-refractivity contribution in [1.82, 2.24) is 4.72 Å². The van der Waals surface area contributed by atoms with Crippen molar-refractivity contribution in [2.75, 3.05) is 37.5 Å². The van der Waals surface area contributed by atoms with Gasteiger partial charge in [-0.15, -0.1) is 0 Å². The number of anilines is 2. The van der Waals surface area contributed by atoms with E-state index in [4.69, 9.17) is 4.74 Å². The molecule has 0 saturated carbocycles. The second-order valence-corrected chi connectivity index (χ2v) is 8.49. The third kappa shape index (κ3) is 6.58. The van der Waals surface area contributed by atoms with Crippen LogP contribution in [-0.2, 0) is 24.3 Å². The molecule has 29 heavy (non-hydrogen) atoms. The fourth-order valence-corrected chi connectivity index (χ4v) is 3.41. The molecule has 8 nitrogen and oxygen atoms in total. The van der Waals surface area contributed by atoms with Gasteiger partial charge in [0.2, 0.25) is 10.0 Å². The van der Waals surface area contributed by atoms with Crippen LogP contribution in [0.15, 0.2) is 47.4 Å². The molecule has 0 aliphatic rings. The molecule has 0 bridgehead atoms. The van der Waals surface area contributed by atoms with Gasteiger partial charge in [-0.3, -0.25) is 9.59 Å². The van der Waals surface area contributed by atoms with Crippen LogP contribution in [0, 0.1) is 13.8 Å². The summed E-state index contributed by atoms with van der Waals surface area (Å²) in [5.74, 6) is -1.37. The third-order valence-corrected chi connectivity index (χ3v) is 5.63. The highest BCUT2D eigenvalue weighted by Gasteiger charge is 2.17. The summed E-state index contributed by atoms with van der Waals surface area (Å²) >= 11 is 0. The Balaban J connectivity index is 1.81. The minimum absolute atomic E-state index is 0.0623. The molecule has 1 amide bonds. The van der Waals surface area contributed by atoms with Gasteiger partial charge in [-0.25, -0.2) is 8.42 Å². The first-order valence-corrected chi connectivity index (χ1v) is 10.4. The molecule has 0 aliphatic carbocycles. The van der Waals surface area contributed by atoms with E-state index in [1.54, 1.807) is 25.1 Å². The van der Waals surface area contributed by atoms with Gasteiger partial charge in [0.1, 0.15) is 6.54 Å². The molecule has 0 aromatic heterocycles. The molecular formula is C20H25N3O5S. The summed E-state index contributed by atoms with van der Waals surface area (Å²) in [5.41, 5.74) is 3.33. The van der Waals surface area contributed by atoms with E-state index in [9.17, 15) is 18.0 Å². The number of nitrogens with zero attached hydrogens (tertiary/aromatic N) is 1. The van der Waals surface area contributed by atoms with Crippen molar-refractivity contribution in [3.8, 4) is 0 Å². The number of sulfonamides is 1. The van der Waals surface area contributed by atoms with Crippen molar-refractivity contribution in [3.05, 3.63) is 53.6 Å². The van der Waals surface area contributed by atoms with Crippen LogP contribution in [0.2, 0.25) is 0 Å². The predicted molar refractivity (Wildman–Crippen MR) is 111 cm³/mol. The van der Waals surface area contributed by atoms with Crippen LogP contribution in [0.25, 0.3) is 0 Å². The van der Waals surface area contributed by atoms with Gasteiger partial charge in [-0.05, 0) is 61.4 Å². The number of amides is 1. The van der Waals surface area contributed by atoms with Crippen molar-refractivity contribution in [2.45, 2.75) is 18.7 Å². The van der Waals surface area contributed by atoms with Crippen LogP contribution in [0.3, 0.4) is 0 Å². The summed E-state index contributed by atoms with van der Waals surface area (Å²) in [6, 6.07) is 11.8. The summed E-state index contributed by atoms with van der Waals surface area (Å²) in [6.07, 6.45) is 0. The van der Waals surface area contributed by atoms with E-state index in [1.807, 2.05) is 38.1 Å². The van der Waals surface area contributed by atoms with E-state index < -0.39 is 35.1 Å². The summed E-state index contributed by atoms with van der Waals surface area (Å²) in [5, 5.41) is 2.60. The van der Waals surface area contributed by atoms with Gasteiger partial charge in [0, 0.05) is 25.5 Å². The Kier molecular flexibility index (Phi) is 7.35. The molecule has 2 N–H and O–H groups in total. The fraction of sp³-hybridized carbons (Fsp3) is 0.300. The largest absolute Gasteiger partial charge is 0.455 e. The molecule has 0 unspecified atom stereocenters. The number of hydrogen-bond donors (Lipinski definition) is 2. The Labute approximate surface area is 170 Å². The summed E-state index contributed by atoms with van der Waals surface area (Å²) in [7, 11) is -0.0402. The molecule has 2 rings (SSSR count). The van der Waals surface area contributed by atoms with Crippen molar-refractivity contribution in [2.24, 2.45) is 0 Å². The van der Waals surface area contributed by atoms with Gasteiger partial charge in [0.25, 0.3) is 5.91 Å². The van der Waals surface area contributed by atoms with Crippen molar-refractivity contribution >= 4 is 33.3 Å². The second kappa shape index (κ2) is 9.53. The Morgan fingerprint density at radius 2 is 1.66 bits per heavy atom. The molecule has 0 aliphatic heterocycles. The number of carbonyl (C=O) groups excluding carboxylic acids is 2. The SMILES string of the molecule is Cc1ccc(S(=O)(=O)NCC(=O)OCC(=O)Nc2ccc(N(C)C)cc2)cc1C. The second-order valence-electron chi connectivity index (χ2n) is 6.72. The lowest BCUT2D eigenvalue weighted by Gasteiger charge is -2.13. The number of ether oxygens (including phenoxy) is 1. The maximum absolute atomic E-state index is 12.3. The number of hydrogen-bond acceptors (Lipinski definition) is 6. The Hall–Kier alpha value is -2.91. The Morgan fingerprint density at radius 1 is 1.00 bits per heavy atom. The third-order valence-electron chi connectivity index (χ3n) is 4.23. The monoisotopic (exact) mass is 419 g/mol.